The zero-order valence-electron chi connectivity index (χ0n) is 16.5. The van der Waals surface area contributed by atoms with Crippen molar-refractivity contribution in [3.63, 3.8) is 0 Å². The SMILES string of the molecule is Cc1ccccc1-c1noc(CC2CCCN(C(=O)Cc3ccc(Cl)cc3)C2)n1. The molecule has 1 saturated heterocycles. The molecule has 1 atom stereocenters. The van der Waals surface area contributed by atoms with Crippen LogP contribution in [0.5, 0.6) is 0 Å². The monoisotopic (exact) mass is 409 g/mol. The van der Waals surface area contributed by atoms with Crippen LogP contribution >= 0.6 is 11.6 Å². The molecule has 0 N–H and O–H groups in total. The zero-order valence-corrected chi connectivity index (χ0v) is 17.2. The number of carbonyl (C=O) groups is 1. The summed E-state index contributed by atoms with van der Waals surface area (Å²) in [7, 11) is 0. The number of nitrogens with zero attached hydrogens (tertiary/aromatic N) is 3. The maximum Gasteiger partial charge on any atom is 0.227 e. The van der Waals surface area contributed by atoms with Gasteiger partial charge in [0, 0.05) is 30.1 Å². The molecule has 0 radical (unpaired) electrons. The summed E-state index contributed by atoms with van der Waals surface area (Å²) in [5.41, 5.74) is 3.10. The minimum absolute atomic E-state index is 0.156. The van der Waals surface area contributed by atoms with Gasteiger partial charge in [-0.25, -0.2) is 0 Å². The molecule has 4 rings (SSSR count). The van der Waals surface area contributed by atoms with E-state index in [0.29, 0.717) is 35.5 Å². The van der Waals surface area contributed by atoms with E-state index in [4.69, 9.17) is 16.1 Å². The van der Waals surface area contributed by atoms with E-state index in [0.717, 1.165) is 42.6 Å². The first-order chi connectivity index (χ1) is 14.1. The summed E-state index contributed by atoms with van der Waals surface area (Å²) in [5, 5.41) is 4.84. The first-order valence-electron chi connectivity index (χ1n) is 9.99. The Kier molecular flexibility index (Phi) is 5.95. The Morgan fingerprint density at radius 1 is 1.21 bits per heavy atom. The number of carbonyl (C=O) groups excluding carboxylic acids is 1. The van der Waals surface area contributed by atoms with Crippen LogP contribution in [0.15, 0.2) is 53.1 Å². The average molecular weight is 410 g/mol. The van der Waals surface area contributed by atoms with E-state index in [2.05, 4.69) is 10.1 Å². The Bertz CT molecular complexity index is 984. The van der Waals surface area contributed by atoms with Crippen LogP contribution in [0.4, 0.5) is 0 Å². The largest absolute Gasteiger partial charge is 0.342 e. The van der Waals surface area contributed by atoms with Crippen molar-refractivity contribution in [2.24, 2.45) is 5.92 Å². The minimum Gasteiger partial charge on any atom is -0.342 e. The minimum atomic E-state index is 0.156. The van der Waals surface area contributed by atoms with Gasteiger partial charge < -0.3 is 9.42 Å². The molecule has 1 unspecified atom stereocenters. The molecule has 1 aromatic heterocycles. The fourth-order valence-electron chi connectivity index (χ4n) is 3.86. The molecule has 2 heterocycles. The number of likely N-dealkylation sites (tertiary alicyclic amines) is 1. The molecule has 1 aliphatic rings. The summed E-state index contributed by atoms with van der Waals surface area (Å²) in [6.07, 6.45) is 3.16. The van der Waals surface area contributed by atoms with Crippen LogP contribution in [0, 0.1) is 12.8 Å². The van der Waals surface area contributed by atoms with E-state index in [1.807, 2.05) is 60.4 Å². The van der Waals surface area contributed by atoms with Crippen molar-refractivity contribution in [3.05, 3.63) is 70.6 Å². The van der Waals surface area contributed by atoms with Gasteiger partial charge in [0.05, 0.1) is 6.42 Å². The molecule has 2 aromatic carbocycles. The lowest BCUT2D eigenvalue weighted by molar-refractivity contribution is -0.132. The van der Waals surface area contributed by atoms with Gasteiger partial charge in [-0.3, -0.25) is 4.79 Å². The maximum atomic E-state index is 12.7. The summed E-state index contributed by atoms with van der Waals surface area (Å²) in [6.45, 7) is 3.58. The van der Waals surface area contributed by atoms with Gasteiger partial charge in [0.1, 0.15) is 0 Å². The third kappa shape index (κ3) is 4.85. The second-order valence-electron chi connectivity index (χ2n) is 7.68. The predicted molar refractivity (Wildman–Crippen MR) is 113 cm³/mol. The Balaban J connectivity index is 1.37. The van der Waals surface area contributed by atoms with Crippen LogP contribution in [0.2, 0.25) is 5.02 Å². The van der Waals surface area contributed by atoms with Crippen LogP contribution in [0.3, 0.4) is 0 Å². The number of piperidine rings is 1. The van der Waals surface area contributed by atoms with E-state index < -0.39 is 0 Å². The van der Waals surface area contributed by atoms with Gasteiger partial charge in [0.15, 0.2) is 0 Å². The molecule has 6 heteroatoms. The van der Waals surface area contributed by atoms with Gasteiger partial charge in [-0.2, -0.15) is 4.98 Å². The molecule has 29 heavy (non-hydrogen) atoms. The molecule has 1 aliphatic heterocycles. The first kappa shape index (κ1) is 19.6. The molecule has 3 aromatic rings. The summed E-state index contributed by atoms with van der Waals surface area (Å²) >= 11 is 5.93. The van der Waals surface area contributed by atoms with Gasteiger partial charge in [-0.1, -0.05) is 53.2 Å². The first-order valence-corrected chi connectivity index (χ1v) is 10.4. The standard InChI is InChI=1S/C23H24ClN3O2/c1-16-5-2-3-7-20(16)23-25-21(29-26-23)13-18-6-4-12-27(15-18)22(28)14-17-8-10-19(24)11-9-17/h2-3,5,7-11,18H,4,6,12-15H2,1H3. The Labute approximate surface area is 175 Å². The lowest BCUT2D eigenvalue weighted by Crippen LogP contribution is -2.41. The van der Waals surface area contributed by atoms with E-state index in [1.54, 1.807) is 0 Å². The summed E-state index contributed by atoms with van der Waals surface area (Å²) in [6, 6.07) is 15.5. The van der Waals surface area contributed by atoms with E-state index in [1.165, 1.54) is 0 Å². The molecule has 0 aliphatic carbocycles. The molecule has 1 amide bonds. The van der Waals surface area contributed by atoms with Crippen LogP contribution in [0.1, 0.15) is 29.9 Å². The van der Waals surface area contributed by atoms with Gasteiger partial charge in [0.2, 0.25) is 17.6 Å². The van der Waals surface area contributed by atoms with E-state index in [-0.39, 0.29) is 5.91 Å². The highest BCUT2D eigenvalue weighted by atomic mass is 35.5. The smallest absolute Gasteiger partial charge is 0.227 e. The van der Waals surface area contributed by atoms with Crippen LogP contribution in [-0.4, -0.2) is 34.0 Å². The number of aryl methyl sites for hydroxylation is 1. The van der Waals surface area contributed by atoms with Crippen molar-refractivity contribution in [3.8, 4) is 11.4 Å². The number of hydrogen-bond acceptors (Lipinski definition) is 4. The van der Waals surface area contributed by atoms with Crippen LogP contribution in [0.25, 0.3) is 11.4 Å². The molecule has 0 bridgehead atoms. The maximum absolute atomic E-state index is 12.7. The predicted octanol–water partition coefficient (Wildman–Crippen LogP) is 4.72. The quantitative estimate of drug-likeness (QED) is 0.611. The van der Waals surface area contributed by atoms with E-state index in [9.17, 15) is 4.79 Å². The molecule has 150 valence electrons. The molecule has 5 nitrogen and oxygen atoms in total. The van der Waals surface area contributed by atoms with Crippen LogP contribution in [-0.2, 0) is 17.6 Å². The van der Waals surface area contributed by atoms with Gasteiger partial charge in [-0.05, 0) is 48.9 Å². The molecule has 0 spiro atoms. The number of rotatable bonds is 5. The van der Waals surface area contributed by atoms with Crippen molar-refractivity contribution < 1.29 is 9.32 Å². The third-order valence-corrected chi connectivity index (χ3v) is 5.71. The number of aromatic nitrogens is 2. The van der Waals surface area contributed by atoms with Crippen molar-refractivity contribution in [1.29, 1.82) is 0 Å². The fraction of sp³-hybridized carbons (Fsp3) is 0.348. The average Bonchev–Trinajstić information content (AvgIpc) is 3.18. The Hall–Kier alpha value is -2.66. The van der Waals surface area contributed by atoms with Crippen molar-refractivity contribution in [2.75, 3.05) is 13.1 Å². The van der Waals surface area contributed by atoms with Gasteiger partial charge in [-0.15, -0.1) is 0 Å². The highest BCUT2D eigenvalue weighted by molar-refractivity contribution is 6.30. The van der Waals surface area contributed by atoms with Crippen molar-refractivity contribution in [2.45, 2.75) is 32.6 Å². The van der Waals surface area contributed by atoms with Crippen LogP contribution < -0.4 is 0 Å². The number of amides is 1. The second kappa shape index (κ2) is 8.78. The van der Waals surface area contributed by atoms with E-state index >= 15 is 0 Å². The van der Waals surface area contributed by atoms with Gasteiger partial charge >= 0.3 is 0 Å². The fourth-order valence-corrected chi connectivity index (χ4v) is 3.99. The highest BCUT2D eigenvalue weighted by Gasteiger charge is 2.25. The normalized spacial score (nSPS) is 16.8. The molecular formula is C23H24ClN3O2. The molecular weight excluding hydrogens is 386 g/mol. The Morgan fingerprint density at radius 2 is 2.00 bits per heavy atom. The Morgan fingerprint density at radius 3 is 2.79 bits per heavy atom. The number of hydrogen-bond donors (Lipinski definition) is 0. The highest BCUT2D eigenvalue weighted by Crippen LogP contribution is 2.24. The summed E-state index contributed by atoms with van der Waals surface area (Å²) in [4.78, 5) is 19.3. The summed E-state index contributed by atoms with van der Waals surface area (Å²) < 4.78 is 5.50. The molecule has 1 fully saturated rings. The van der Waals surface area contributed by atoms with Gasteiger partial charge in [0.25, 0.3) is 0 Å². The van der Waals surface area contributed by atoms with Crippen molar-refractivity contribution >= 4 is 17.5 Å². The van der Waals surface area contributed by atoms with Crippen molar-refractivity contribution in [1.82, 2.24) is 15.0 Å². The summed E-state index contributed by atoms with van der Waals surface area (Å²) in [5.74, 6) is 1.76. The lowest BCUT2D eigenvalue weighted by atomic mass is 9.94. The number of benzene rings is 2. The zero-order chi connectivity index (χ0) is 20.2. The molecule has 0 saturated carbocycles. The second-order valence-corrected chi connectivity index (χ2v) is 8.12. The lowest BCUT2D eigenvalue weighted by Gasteiger charge is -2.32. The third-order valence-electron chi connectivity index (χ3n) is 5.46. The topological polar surface area (TPSA) is 59.2 Å². The number of halogens is 1.